The predicted octanol–water partition coefficient (Wildman–Crippen LogP) is 1.75. The highest BCUT2D eigenvalue weighted by Crippen LogP contribution is 2.24. The number of aryl methyl sites for hydroxylation is 1. The van der Waals surface area contributed by atoms with E-state index in [0.29, 0.717) is 11.3 Å². The molecular weight excluding hydrogens is 312 g/mol. The Labute approximate surface area is 136 Å². The number of nitro benzene ring substituents is 1. The zero-order valence-electron chi connectivity index (χ0n) is 12.5. The first-order valence-corrected chi connectivity index (χ1v) is 6.94. The molecule has 0 saturated carbocycles. The van der Waals surface area contributed by atoms with Crippen LogP contribution in [0.15, 0.2) is 46.6 Å². The van der Waals surface area contributed by atoms with Crippen LogP contribution in [0.2, 0.25) is 0 Å². The van der Waals surface area contributed by atoms with Gasteiger partial charge in [-0.3, -0.25) is 14.9 Å². The van der Waals surface area contributed by atoms with Crippen molar-refractivity contribution in [2.75, 3.05) is 5.32 Å². The molecule has 0 aromatic heterocycles. The number of benzene rings is 2. The third-order valence-electron chi connectivity index (χ3n) is 3.45. The summed E-state index contributed by atoms with van der Waals surface area (Å²) in [6, 6.07) is 8.75. The normalized spacial score (nSPS) is 14.9. The Morgan fingerprint density at radius 1 is 1.21 bits per heavy atom. The topological polar surface area (TPSA) is 120 Å². The van der Waals surface area contributed by atoms with Crippen LogP contribution in [0.5, 0.6) is 5.75 Å². The number of carbonyl (C=O) groups excluding carboxylic acids is 1. The molecule has 0 fully saturated rings. The van der Waals surface area contributed by atoms with Crippen molar-refractivity contribution in [1.29, 1.82) is 0 Å². The van der Waals surface area contributed by atoms with E-state index in [0.717, 1.165) is 30.0 Å². The third-order valence-corrected chi connectivity index (χ3v) is 3.45. The number of amides is 1. The Hall–Kier alpha value is -3.55. The second-order valence-electron chi connectivity index (χ2n) is 5.18. The fraction of sp³-hybridized carbons (Fsp3) is 0.0625. The number of nitrogens with zero attached hydrogens (tertiary/aromatic N) is 3. The molecule has 1 amide bonds. The number of rotatable bonds is 3. The summed E-state index contributed by atoms with van der Waals surface area (Å²) in [5.41, 5.74) is 2.16. The van der Waals surface area contributed by atoms with Gasteiger partial charge in [-0.1, -0.05) is 23.4 Å². The van der Waals surface area contributed by atoms with Crippen LogP contribution >= 0.6 is 0 Å². The SMILES string of the molecule is Cc1ccc2c(c1)C(=NN=Cc1cc([N+](=O)[O-])ccc1[O-])C(=O)N2. The maximum Gasteiger partial charge on any atom is 0.276 e. The van der Waals surface area contributed by atoms with Gasteiger partial charge in [-0.15, -0.1) is 5.10 Å². The minimum atomic E-state index is -0.605. The Balaban J connectivity index is 1.93. The average Bonchev–Trinajstić information content (AvgIpc) is 2.84. The summed E-state index contributed by atoms with van der Waals surface area (Å²) in [5.74, 6) is -0.814. The van der Waals surface area contributed by atoms with Gasteiger partial charge in [0.05, 0.1) is 16.8 Å². The predicted molar refractivity (Wildman–Crippen MR) is 86.5 cm³/mol. The zero-order valence-corrected chi connectivity index (χ0v) is 12.5. The lowest BCUT2D eigenvalue weighted by Gasteiger charge is -2.07. The molecule has 0 radical (unpaired) electrons. The molecule has 1 heterocycles. The molecule has 0 aliphatic carbocycles. The van der Waals surface area contributed by atoms with E-state index in [-0.39, 0.29) is 17.0 Å². The van der Waals surface area contributed by atoms with Gasteiger partial charge in [0.2, 0.25) is 0 Å². The monoisotopic (exact) mass is 323 g/mol. The minimum Gasteiger partial charge on any atom is -0.872 e. The Kier molecular flexibility index (Phi) is 3.78. The molecule has 8 nitrogen and oxygen atoms in total. The second-order valence-corrected chi connectivity index (χ2v) is 5.18. The van der Waals surface area contributed by atoms with Crippen LogP contribution in [0.4, 0.5) is 11.4 Å². The molecule has 120 valence electrons. The molecule has 8 heteroatoms. The first-order valence-electron chi connectivity index (χ1n) is 6.94. The number of nitro groups is 1. The first kappa shape index (κ1) is 15.3. The van der Waals surface area contributed by atoms with Crippen molar-refractivity contribution >= 4 is 29.2 Å². The van der Waals surface area contributed by atoms with Crippen molar-refractivity contribution in [2.24, 2.45) is 10.2 Å². The summed E-state index contributed by atoms with van der Waals surface area (Å²) in [6.07, 6.45) is 1.10. The van der Waals surface area contributed by atoms with Crippen LogP contribution < -0.4 is 10.4 Å². The van der Waals surface area contributed by atoms with Crippen LogP contribution in [-0.2, 0) is 4.79 Å². The highest BCUT2D eigenvalue weighted by Gasteiger charge is 2.25. The number of carbonyl (C=O) groups is 1. The number of hydrogen-bond donors (Lipinski definition) is 1. The maximum atomic E-state index is 11.9. The number of anilines is 1. The van der Waals surface area contributed by atoms with E-state index in [1.54, 1.807) is 12.1 Å². The smallest absolute Gasteiger partial charge is 0.276 e. The van der Waals surface area contributed by atoms with Gasteiger partial charge < -0.3 is 10.4 Å². The quantitative estimate of drug-likeness (QED) is 0.525. The Bertz CT molecular complexity index is 918. The first-order chi connectivity index (χ1) is 11.5. The summed E-state index contributed by atoms with van der Waals surface area (Å²) in [5, 5.41) is 32.7. The van der Waals surface area contributed by atoms with Gasteiger partial charge in [0.1, 0.15) is 0 Å². The van der Waals surface area contributed by atoms with Crippen molar-refractivity contribution < 1.29 is 14.8 Å². The second kappa shape index (κ2) is 5.92. The summed E-state index contributed by atoms with van der Waals surface area (Å²) in [4.78, 5) is 22.1. The van der Waals surface area contributed by atoms with E-state index < -0.39 is 16.6 Å². The van der Waals surface area contributed by atoms with E-state index >= 15 is 0 Å². The molecule has 2 aromatic rings. The third kappa shape index (κ3) is 2.84. The lowest BCUT2D eigenvalue weighted by atomic mass is 10.1. The van der Waals surface area contributed by atoms with Crippen LogP contribution in [0.25, 0.3) is 0 Å². The van der Waals surface area contributed by atoms with Crippen LogP contribution in [-0.4, -0.2) is 22.8 Å². The average molecular weight is 323 g/mol. The standard InChI is InChI=1S/C16H12N4O4/c1-9-2-4-13-12(6-9)15(16(22)18-13)19-17-8-10-7-11(20(23)24)3-5-14(10)21/h2-8,21H,1H3,(H,18,19,22)/p-1. The molecule has 0 bridgehead atoms. The molecule has 1 N–H and O–H groups in total. The Morgan fingerprint density at radius 3 is 2.75 bits per heavy atom. The van der Waals surface area contributed by atoms with Gasteiger partial charge in [-0.25, -0.2) is 0 Å². The fourth-order valence-electron chi connectivity index (χ4n) is 2.27. The van der Waals surface area contributed by atoms with Gasteiger partial charge in [0.15, 0.2) is 5.71 Å². The van der Waals surface area contributed by atoms with Crippen LogP contribution in [0.1, 0.15) is 16.7 Å². The van der Waals surface area contributed by atoms with Gasteiger partial charge in [-0.05, 0) is 24.6 Å². The summed E-state index contributed by atoms with van der Waals surface area (Å²) in [7, 11) is 0. The molecule has 0 atom stereocenters. The van der Waals surface area contributed by atoms with Gasteiger partial charge in [-0.2, -0.15) is 5.10 Å². The van der Waals surface area contributed by atoms with Crippen LogP contribution in [0, 0.1) is 17.0 Å². The molecule has 0 spiro atoms. The molecule has 0 unspecified atom stereocenters. The minimum absolute atomic E-state index is 0.0245. The van der Waals surface area contributed by atoms with Crippen molar-refractivity contribution in [2.45, 2.75) is 6.92 Å². The van der Waals surface area contributed by atoms with Crippen LogP contribution in [0.3, 0.4) is 0 Å². The number of fused-ring (bicyclic) bond motifs is 1. The van der Waals surface area contributed by atoms with Gasteiger partial charge in [0, 0.05) is 17.7 Å². The molecule has 3 rings (SSSR count). The highest BCUT2D eigenvalue weighted by atomic mass is 16.6. The maximum absolute atomic E-state index is 11.9. The van der Waals surface area contributed by atoms with E-state index in [2.05, 4.69) is 15.5 Å². The van der Waals surface area contributed by atoms with Gasteiger partial charge >= 0.3 is 0 Å². The van der Waals surface area contributed by atoms with E-state index in [9.17, 15) is 20.0 Å². The number of hydrogen-bond acceptors (Lipinski definition) is 6. The molecule has 2 aromatic carbocycles. The molecule has 0 saturated heterocycles. The van der Waals surface area contributed by atoms with Crippen molar-refractivity contribution in [3.05, 3.63) is 63.2 Å². The summed E-state index contributed by atoms with van der Waals surface area (Å²) in [6.45, 7) is 1.89. The zero-order chi connectivity index (χ0) is 17.3. The molecule has 1 aliphatic rings. The van der Waals surface area contributed by atoms with E-state index in [4.69, 9.17) is 0 Å². The molecular formula is C16H11N4O4-. The highest BCUT2D eigenvalue weighted by molar-refractivity contribution is 6.53. The number of nitrogens with one attached hydrogen (secondary N) is 1. The summed E-state index contributed by atoms with van der Waals surface area (Å²) >= 11 is 0. The van der Waals surface area contributed by atoms with Gasteiger partial charge in [0.25, 0.3) is 11.6 Å². The van der Waals surface area contributed by atoms with E-state index in [1.165, 1.54) is 0 Å². The lowest BCUT2D eigenvalue weighted by Crippen LogP contribution is -2.13. The summed E-state index contributed by atoms with van der Waals surface area (Å²) < 4.78 is 0. The molecule has 1 aliphatic heterocycles. The van der Waals surface area contributed by atoms with Crippen molar-refractivity contribution in [3.63, 3.8) is 0 Å². The number of non-ortho nitro benzene ring substituents is 1. The van der Waals surface area contributed by atoms with Crippen molar-refractivity contribution in [3.8, 4) is 5.75 Å². The molecule has 24 heavy (non-hydrogen) atoms. The lowest BCUT2D eigenvalue weighted by molar-refractivity contribution is -0.385. The largest absolute Gasteiger partial charge is 0.872 e. The fourth-order valence-corrected chi connectivity index (χ4v) is 2.27. The van der Waals surface area contributed by atoms with Crippen molar-refractivity contribution in [1.82, 2.24) is 0 Å². The van der Waals surface area contributed by atoms with E-state index in [1.807, 2.05) is 13.0 Å². The Morgan fingerprint density at radius 2 is 2.00 bits per heavy atom.